The van der Waals surface area contributed by atoms with Gasteiger partial charge in [0.15, 0.2) is 0 Å². The van der Waals surface area contributed by atoms with Crippen molar-refractivity contribution in [2.24, 2.45) is 5.92 Å². The molecular weight excluding hydrogens is 282 g/mol. The van der Waals surface area contributed by atoms with E-state index in [1.807, 2.05) is 27.7 Å². The predicted molar refractivity (Wildman–Crippen MR) is 80.1 cm³/mol. The number of alkyl halides is 1. The first kappa shape index (κ1) is 16.5. The van der Waals surface area contributed by atoms with Crippen molar-refractivity contribution < 1.29 is 8.42 Å². The molecule has 1 aromatic rings. The van der Waals surface area contributed by atoms with Crippen LogP contribution in [0.5, 0.6) is 0 Å². The van der Waals surface area contributed by atoms with Crippen LogP contribution in [0.4, 0.5) is 0 Å². The van der Waals surface area contributed by atoms with Gasteiger partial charge in [-0.25, -0.2) is 13.1 Å². The van der Waals surface area contributed by atoms with Crippen molar-refractivity contribution in [3.05, 3.63) is 29.8 Å². The van der Waals surface area contributed by atoms with Crippen molar-refractivity contribution in [3.8, 4) is 0 Å². The van der Waals surface area contributed by atoms with Gasteiger partial charge in [0.1, 0.15) is 0 Å². The monoisotopic (exact) mass is 303 g/mol. The molecule has 0 aliphatic heterocycles. The molecule has 2 atom stereocenters. The van der Waals surface area contributed by atoms with E-state index in [0.29, 0.717) is 6.42 Å². The fourth-order valence-corrected chi connectivity index (χ4v) is 3.48. The highest BCUT2D eigenvalue weighted by Crippen LogP contribution is 2.19. The first-order valence-corrected chi connectivity index (χ1v) is 8.43. The molecule has 0 fully saturated rings. The lowest BCUT2D eigenvalue weighted by atomic mass is 10.0. The quantitative estimate of drug-likeness (QED) is 0.820. The van der Waals surface area contributed by atoms with Crippen LogP contribution in [-0.2, 0) is 10.0 Å². The Hall–Kier alpha value is -0.580. The molecule has 19 heavy (non-hydrogen) atoms. The zero-order valence-corrected chi connectivity index (χ0v) is 13.4. The van der Waals surface area contributed by atoms with Crippen molar-refractivity contribution in [2.75, 3.05) is 0 Å². The molecule has 0 heterocycles. The van der Waals surface area contributed by atoms with Crippen molar-refractivity contribution in [1.29, 1.82) is 0 Å². The Morgan fingerprint density at radius 2 is 1.74 bits per heavy atom. The van der Waals surface area contributed by atoms with Gasteiger partial charge >= 0.3 is 0 Å². The van der Waals surface area contributed by atoms with Gasteiger partial charge in [0.25, 0.3) is 0 Å². The Labute approximate surface area is 121 Å². The fraction of sp³-hybridized carbons (Fsp3) is 0.571. The lowest BCUT2D eigenvalue weighted by Crippen LogP contribution is -2.42. The standard InChI is InChI=1S/C14H22ClNO2S/c1-5-13(14(15)10(2)3)16-19(17,18)12-8-6-11(4)7-9-12/h6-10,13-14,16H,5H2,1-4H3/t13-,14-/m1/s1. The zero-order chi connectivity index (χ0) is 14.6. The highest BCUT2D eigenvalue weighted by atomic mass is 35.5. The van der Waals surface area contributed by atoms with E-state index in [-0.39, 0.29) is 22.2 Å². The minimum Gasteiger partial charge on any atom is -0.207 e. The van der Waals surface area contributed by atoms with E-state index >= 15 is 0 Å². The molecule has 1 aromatic carbocycles. The Bertz CT molecular complexity index is 497. The summed E-state index contributed by atoms with van der Waals surface area (Å²) in [6.07, 6.45) is 0.664. The number of aryl methyl sites for hydroxylation is 1. The van der Waals surface area contributed by atoms with E-state index < -0.39 is 10.0 Å². The molecule has 0 amide bonds. The largest absolute Gasteiger partial charge is 0.240 e. The zero-order valence-electron chi connectivity index (χ0n) is 11.9. The number of rotatable bonds is 6. The average Bonchev–Trinajstić information content (AvgIpc) is 2.35. The molecule has 0 saturated carbocycles. The Kier molecular flexibility index (Phi) is 5.83. The van der Waals surface area contributed by atoms with Gasteiger partial charge in [-0.05, 0) is 31.4 Å². The van der Waals surface area contributed by atoms with E-state index in [1.165, 1.54) is 0 Å². The molecule has 0 unspecified atom stereocenters. The normalized spacial score (nSPS) is 15.5. The van der Waals surface area contributed by atoms with Crippen LogP contribution in [0, 0.1) is 12.8 Å². The molecule has 3 nitrogen and oxygen atoms in total. The maximum atomic E-state index is 12.3. The maximum Gasteiger partial charge on any atom is 0.240 e. The summed E-state index contributed by atoms with van der Waals surface area (Å²) in [5, 5.41) is -0.217. The van der Waals surface area contributed by atoms with E-state index in [1.54, 1.807) is 24.3 Å². The second kappa shape index (κ2) is 6.73. The predicted octanol–water partition coefficient (Wildman–Crippen LogP) is 3.32. The van der Waals surface area contributed by atoms with Crippen LogP contribution >= 0.6 is 11.6 Å². The molecule has 0 spiro atoms. The molecule has 108 valence electrons. The number of hydrogen-bond acceptors (Lipinski definition) is 2. The summed E-state index contributed by atoms with van der Waals surface area (Å²) in [6, 6.07) is 6.55. The number of hydrogen-bond donors (Lipinski definition) is 1. The molecular formula is C14H22ClNO2S. The van der Waals surface area contributed by atoms with Crippen LogP contribution in [0.25, 0.3) is 0 Å². The minimum atomic E-state index is -3.50. The van der Waals surface area contributed by atoms with Gasteiger partial charge in [0.2, 0.25) is 10.0 Å². The molecule has 0 bridgehead atoms. The van der Waals surface area contributed by atoms with Gasteiger partial charge in [-0.2, -0.15) is 0 Å². The van der Waals surface area contributed by atoms with Crippen LogP contribution in [-0.4, -0.2) is 19.8 Å². The topological polar surface area (TPSA) is 46.2 Å². The smallest absolute Gasteiger partial charge is 0.207 e. The summed E-state index contributed by atoms with van der Waals surface area (Å²) in [5.41, 5.74) is 1.03. The SMILES string of the molecule is CC[C@@H](NS(=O)(=O)c1ccc(C)cc1)[C@H](Cl)C(C)C. The van der Waals surface area contributed by atoms with Gasteiger partial charge < -0.3 is 0 Å². The summed E-state index contributed by atoms with van der Waals surface area (Å²) in [7, 11) is -3.50. The van der Waals surface area contributed by atoms with Gasteiger partial charge in [-0.1, -0.05) is 38.5 Å². The highest BCUT2D eigenvalue weighted by Gasteiger charge is 2.26. The van der Waals surface area contributed by atoms with Crippen LogP contribution < -0.4 is 4.72 Å². The molecule has 0 radical (unpaired) electrons. The third kappa shape index (κ3) is 4.48. The number of nitrogens with one attached hydrogen (secondary N) is 1. The maximum absolute atomic E-state index is 12.3. The van der Waals surface area contributed by atoms with E-state index in [9.17, 15) is 8.42 Å². The van der Waals surface area contributed by atoms with Gasteiger partial charge in [0, 0.05) is 6.04 Å². The molecule has 1 N–H and O–H groups in total. The second-order valence-corrected chi connectivity index (χ2v) is 7.36. The summed E-state index contributed by atoms with van der Waals surface area (Å²) in [4.78, 5) is 0.282. The van der Waals surface area contributed by atoms with Gasteiger partial charge in [-0.3, -0.25) is 0 Å². The van der Waals surface area contributed by atoms with E-state index in [0.717, 1.165) is 5.56 Å². The Morgan fingerprint density at radius 1 is 1.21 bits per heavy atom. The third-order valence-electron chi connectivity index (χ3n) is 3.10. The van der Waals surface area contributed by atoms with E-state index in [4.69, 9.17) is 11.6 Å². The van der Waals surface area contributed by atoms with Crippen LogP contribution in [0.3, 0.4) is 0 Å². The van der Waals surface area contributed by atoms with Crippen LogP contribution in [0.1, 0.15) is 32.8 Å². The lowest BCUT2D eigenvalue weighted by molar-refractivity contribution is 0.458. The van der Waals surface area contributed by atoms with Crippen molar-refractivity contribution in [2.45, 2.75) is 50.4 Å². The number of benzene rings is 1. The van der Waals surface area contributed by atoms with Crippen LogP contribution in [0.15, 0.2) is 29.2 Å². The lowest BCUT2D eigenvalue weighted by Gasteiger charge is -2.24. The molecule has 1 rings (SSSR count). The average molecular weight is 304 g/mol. The van der Waals surface area contributed by atoms with Gasteiger partial charge in [0.05, 0.1) is 10.3 Å². The molecule has 0 aliphatic carbocycles. The first-order valence-electron chi connectivity index (χ1n) is 6.51. The number of halogens is 1. The molecule has 0 aliphatic rings. The first-order chi connectivity index (χ1) is 8.77. The highest BCUT2D eigenvalue weighted by molar-refractivity contribution is 7.89. The number of sulfonamides is 1. The van der Waals surface area contributed by atoms with Gasteiger partial charge in [-0.15, -0.1) is 11.6 Å². The fourth-order valence-electron chi connectivity index (χ4n) is 1.82. The molecule has 5 heteroatoms. The summed E-state index contributed by atoms with van der Waals surface area (Å²) in [6.45, 7) is 7.83. The minimum absolute atomic E-state index is 0.215. The second-order valence-electron chi connectivity index (χ2n) is 5.14. The summed E-state index contributed by atoms with van der Waals surface area (Å²) < 4.78 is 27.2. The summed E-state index contributed by atoms with van der Waals surface area (Å²) in [5.74, 6) is 0.215. The summed E-state index contributed by atoms with van der Waals surface area (Å²) >= 11 is 6.27. The molecule has 0 saturated heterocycles. The van der Waals surface area contributed by atoms with E-state index in [2.05, 4.69) is 4.72 Å². The van der Waals surface area contributed by atoms with Crippen LogP contribution in [0.2, 0.25) is 0 Å². The molecule has 0 aromatic heterocycles. The Balaban J connectivity index is 2.92. The Morgan fingerprint density at radius 3 is 2.16 bits per heavy atom. The third-order valence-corrected chi connectivity index (χ3v) is 5.41. The van der Waals surface area contributed by atoms with Crippen molar-refractivity contribution in [3.63, 3.8) is 0 Å². The van der Waals surface area contributed by atoms with Crippen molar-refractivity contribution >= 4 is 21.6 Å². The van der Waals surface area contributed by atoms with Crippen molar-refractivity contribution in [1.82, 2.24) is 4.72 Å².